The van der Waals surface area contributed by atoms with Crippen LogP contribution in [0.15, 0.2) is 127 Å². The van der Waals surface area contributed by atoms with Gasteiger partial charge < -0.3 is 4.57 Å². The van der Waals surface area contributed by atoms with Crippen LogP contribution in [0.5, 0.6) is 0 Å². The fourth-order valence-corrected chi connectivity index (χ4v) is 8.17. The van der Waals surface area contributed by atoms with Crippen LogP contribution in [0.4, 0.5) is 0 Å². The van der Waals surface area contributed by atoms with Crippen LogP contribution in [0.25, 0.3) is 69.9 Å². The van der Waals surface area contributed by atoms with Gasteiger partial charge in [-0.2, -0.15) is 0 Å². The molecule has 0 N–H and O–H groups in total. The minimum absolute atomic E-state index is 0.0179. The summed E-state index contributed by atoms with van der Waals surface area (Å²) in [6.45, 7) is 13.9. The smallest absolute Gasteiger partial charge is 0.0544 e. The summed E-state index contributed by atoms with van der Waals surface area (Å²) in [4.78, 5) is 0. The number of thiophene rings is 1. The number of nitrogens with zero attached hydrogens (tertiary/aromatic N) is 1. The molecule has 0 saturated heterocycles. The summed E-state index contributed by atoms with van der Waals surface area (Å²) in [5.74, 6) is 0. The molecule has 0 saturated carbocycles. The minimum Gasteiger partial charge on any atom is -0.309 e. The molecule has 8 aromatic rings. The number of aromatic nitrogens is 1. The second-order valence-electron chi connectivity index (χ2n) is 14.7. The largest absolute Gasteiger partial charge is 0.309 e. The van der Waals surface area contributed by atoms with E-state index in [2.05, 4.69) is 174 Å². The molecular weight excluding hydrogens is 575 g/mol. The number of rotatable bonds is 3. The first-order valence-electron chi connectivity index (χ1n) is 16.3. The van der Waals surface area contributed by atoms with Crippen molar-refractivity contribution in [2.24, 2.45) is 0 Å². The average Bonchev–Trinajstić information content (AvgIpc) is 3.59. The summed E-state index contributed by atoms with van der Waals surface area (Å²) in [5, 5.41) is 5.36. The monoisotopic (exact) mass is 613 g/mol. The van der Waals surface area contributed by atoms with E-state index in [1.54, 1.807) is 0 Å². The number of benzene rings is 6. The normalized spacial score (nSPS) is 12.6. The number of fused-ring (bicyclic) bond motifs is 6. The van der Waals surface area contributed by atoms with Gasteiger partial charge in [0.1, 0.15) is 0 Å². The summed E-state index contributed by atoms with van der Waals surface area (Å²) in [5.41, 5.74) is 11.5. The first-order chi connectivity index (χ1) is 22.1. The van der Waals surface area contributed by atoms with Crippen molar-refractivity contribution in [3.8, 4) is 27.9 Å². The third-order valence-electron chi connectivity index (χ3n) is 9.52. The molecule has 0 radical (unpaired) electrons. The van der Waals surface area contributed by atoms with Crippen LogP contribution in [0.1, 0.15) is 52.7 Å². The first kappa shape index (κ1) is 28.8. The van der Waals surface area contributed by atoms with Gasteiger partial charge in [0, 0.05) is 36.5 Å². The van der Waals surface area contributed by atoms with Crippen LogP contribution in [0, 0.1) is 0 Å². The molecule has 1 nitrogen and oxygen atoms in total. The highest BCUT2D eigenvalue weighted by atomic mass is 32.1. The summed E-state index contributed by atoms with van der Waals surface area (Å²) in [7, 11) is 0. The molecule has 0 amide bonds. The minimum atomic E-state index is 0.0179. The van der Waals surface area contributed by atoms with Crippen molar-refractivity contribution in [2.45, 2.75) is 52.4 Å². The summed E-state index contributed by atoms with van der Waals surface area (Å²) in [6, 6.07) is 47.6. The maximum absolute atomic E-state index is 2.49. The SMILES string of the molecule is CC(C)(C)c1ccc2c(c1)c1c(C(C)(C)C)cccc1n2-c1ccccc1-c1ccc(-c2ccc3sc4ccccc4c3c2)cc1. The first-order valence-corrected chi connectivity index (χ1v) is 17.1. The molecule has 2 heteroatoms. The van der Waals surface area contributed by atoms with Crippen LogP contribution < -0.4 is 0 Å². The lowest BCUT2D eigenvalue weighted by molar-refractivity contribution is 0.591. The Kier molecular flexibility index (Phi) is 6.53. The zero-order valence-corrected chi connectivity index (χ0v) is 28.3. The van der Waals surface area contributed by atoms with E-state index in [-0.39, 0.29) is 10.8 Å². The fourth-order valence-electron chi connectivity index (χ4n) is 7.08. The van der Waals surface area contributed by atoms with Crippen LogP contribution in [-0.4, -0.2) is 4.57 Å². The Morgan fingerprint density at radius 2 is 1.17 bits per heavy atom. The van der Waals surface area contributed by atoms with E-state index >= 15 is 0 Å². The van der Waals surface area contributed by atoms with Crippen molar-refractivity contribution < 1.29 is 0 Å². The Hall–Kier alpha value is -4.66. The second kappa shape index (κ2) is 10.4. The van der Waals surface area contributed by atoms with Gasteiger partial charge in [-0.3, -0.25) is 0 Å². The van der Waals surface area contributed by atoms with Crippen molar-refractivity contribution in [1.29, 1.82) is 0 Å². The average molecular weight is 614 g/mol. The van der Waals surface area contributed by atoms with Crippen molar-refractivity contribution in [3.05, 3.63) is 139 Å². The molecule has 6 aromatic carbocycles. The van der Waals surface area contributed by atoms with Gasteiger partial charge in [-0.1, -0.05) is 126 Å². The Morgan fingerprint density at radius 1 is 0.478 bits per heavy atom. The Morgan fingerprint density at radius 3 is 1.96 bits per heavy atom. The van der Waals surface area contributed by atoms with Crippen LogP contribution in [-0.2, 0) is 10.8 Å². The highest BCUT2D eigenvalue weighted by molar-refractivity contribution is 7.25. The van der Waals surface area contributed by atoms with Crippen molar-refractivity contribution in [3.63, 3.8) is 0 Å². The molecule has 2 aromatic heterocycles. The molecule has 0 aliphatic rings. The Bertz CT molecular complexity index is 2420. The van der Waals surface area contributed by atoms with Gasteiger partial charge in [0.05, 0.1) is 16.7 Å². The molecule has 8 rings (SSSR count). The van der Waals surface area contributed by atoms with Crippen molar-refractivity contribution >= 4 is 53.3 Å². The maximum atomic E-state index is 2.49. The third-order valence-corrected chi connectivity index (χ3v) is 10.7. The molecule has 226 valence electrons. The molecule has 0 bridgehead atoms. The summed E-state index contributed by atoms with van der Waals surface area (Å²) >= 11 is 1.87. The zero-order valence-electron chi connectivity index (χ0n) is 27.5. The fraction of sp³-hybridized carbons (Fsp3) is 0.182. The van der Waals surface area contributed by atoms with E-state index in [1.807, 2.05) is 11.3 Å². The lowest BCUT2D eigenvalue weighted by Crippen LogP contribution is -2.12. The molecule has 0 aliphatic carbocycles. The van der Waals surface area contributed by atoms with E-state index in [1.165, 1.54) is 81.0 Å². The highest BCUT2D eigenvalue weighted by Crippen LogP contribution is 2.42. The quantitative estimate of drug-likeness (QED) is 0.187. The number of hydrogen-bond acceptors (Lipinski definition) is 1. The zero-order chi connectivity index (χ0) is 31.8. The molecule has 0 unspecified atom stereocenters. The van der Waals surface area contributed by atoms with Crippen molar-refractivity contribution in [2.75, 3.05) is 0 Å². The summed E-state index contributed by atoms with van der Waals surface area (Å²) < 4.78 is 5.17. The molecule has 46 heavy (non-hydrogen) atoms. The number of hydrogen-bond donors (Lipinski definition) is 0. The molecule has 0 fully saturated rings. The predicted molar refractivity (Wildman–Crippen MR) is 202 cm³/mol. The maximum Gasteiger partial charge on any atom is 0.0544 e. The second-order valence-corrected chi connectivity index (χ2v) is 15.8. The van der Waals surface area contributed by atoms with Gasteiger partial charge in [0.25, 0.3) is 0 Å². The molecular formula is C44H39NS. The Balaban J connectivity index is 1.29. The van der Waals surface area contributed by atoms with Crippen LogP contribution in [0.3, 0.4) is 0 Å². The van der Waals surface area contributed by atoms with Gasteiger partial charge in [0.15, 0.2) is 0 Å². The Labute approximate surface area is 275 Å². The van der Waals surface area contributed by atoms with Gasteiger partial charge in [-0.25, -0.2) is 0 Å². The lowest BCUT2D eigenvalue weighted by Gasteiger charge is -2.21. The summed E-state index contributed by atoms with van der Waals surface area (Å²) in [6.07, 6.45) is 0. The standard InChI is InChI=1S/C44H39NS/c1-43(2,3)31-23-24-38-35(27-31)42-36(44(4,5)6)14-11-16-39(42)45(38)37-15-9-7-12-32(37)29-20-18-28(19-21-29)30-22-25-41-34(26-30)33-13-8-10-17-40(33)46-41/h7-27H,1-6H3. The van der Waals surface area contributed by atoms with E-state index in [0.717, 1.165) is 0 Å². The molecule has 2 heterocycles. The molecule has 0 atom stereocenters. The van der Waals surface area contributed by atoms with Crippen molar-refractivity contribution in [1.82, 2.24) is 4.57 Å². The highest BCUT2D eigenvalue weighted by Gasteiger charge is 2.24. The van der Waals surface area contributed by atoms with E-state index in [0.29, 0.717) is 0 Å². The number of para-hydroxylation sites is 1. The van der Waals surface area contributed by atoms with E-state index in [4.69, 9.17) is 0 Å². The van der Waals surface area contributed by atoms with Crippen LogP contribution >= 0.6 is 11.3 Å². The molecule has 0 spiro atoms. The van der Waals surface area contributed by atoms with Crippen LogP contribution in [0.2, 0.25) is 0 Å². The predicted octanol–water partition coefficient (Wildman–Crippen LogP) is 13.1. The third kappa shape index (κ3) is 4.66. The van der Waals surface area contributed by atoms with Gasteiger partial charge in [-0.05, 0) is 81.1 Å². The van der Waals surface area contributed by atoms with Gasteiger partial charge in [-0.15, -0.1) is 11.3 Å². The lowest BCUT2D eigenvalue weighted by atomic mass is 9.83. The van der Waals surface area contributed by atoms with Gasteiger partial charge >= 0.3 is 0 Å². The molecule has 0 aliphatic heterocycles. The van der Waals surface area contributed by atoms with Gasteiger partial charge in [0.2, 0.25) is 0 Å². The van der Waals surface area contributed by atoms with E-state index < -0.39 is 0 Å². The topological polar surface area (TPSA) is 4.93 Å². The van der Waals surface area contributed by atoms with E-state index in [9.17, 15) is 0 Å².